The number of halogens is 1. The van der Waals surface area contributed by atoms with Gasteiger partial charge >= 0.3 is 0 Å². The van der Waals surface area contributed by atoms with Crippen molar-refractivity contribution in [3.8, 4) is 11.5 Å². The van der Waals surface area contributed by atoms with Crippen LogP contribution >= 0.6 is 0 Å². The van der Waals surface area contributed by atoms with Crippen molar-refractivity contribution in [2.24, 2.45) is 0 Å². The molecule has 0 aromatic heterocycles. The Morgan fingerprint density at radius 3 is 2.44 bits per heavy atom. The molecule has 27 heavy (non-hydrogen) atoms. The second-order valence-corrected chi connectivity index (χ2v) is 6.83. The molecular formula is C21H25BrN2O3. The summed E-state index contributed by atoms with van der Waals surface area (Å²) in [4.78, 5) is 2.21. The molecule has 2 aliphatic heterocycles. The van der Waals surface area contributed by atoms with Gasteiger partial charge in [-0.05, 0) is 49.2 Å². The monoisotopic (exact) mass is 432 g/mol. The predicted molar refractivity (Wildman–Crippen MR) is 101 cm³/mol. The van der Waals surface area contributed by atoms with E-state index in [2.05, 4.69) is 15.5 Å². The number of aliphatic hydroxyl groups is 1. The minimum atomic E-state index is -1.05. The highest BCUT2D eigenvalue weighted by Gasteiger charge is 2.53. The number of methoxy groups -OCH3 is 2. The summed E-state index contributed by atoms with van der Waals surface area (Å²) >= 11 is 0. The molecule has 5 nitrogen and oxygen atoms in total. The van der Waals surface area contributed by atoms with E-state index >= 15 is 0 Å². The van der Waals surface area contributed by atoms with Crippen molar-refractivity contribution in [2.45, 2.75) is 25.0 Å². The van der Waals surface area contributed by atoms with Crippen molar-refractivity contribution in [3.05, 3.63) is 54.1 Å². The number of para-hydroxylation sites is 2. The molecule has 1 unspecified atom stereocenters. The predicted octanol–water partition coefficient (Wildman–Crippen LogP) is -0.0320. The first-order valence-electron chi connectivity index (χ1n) is 9.08. The van der Waals surface area contributed by atoms with Crippen LogP contribution in [0, 0.1) is 0 Å². The third-order valence-electron chi connectivity index (χ3n) is 5.41. The number of hydrogen-bond donors (Lipinski definition) is 1. The first-order chi connectivity index (χ1) is 12.7. The van der Waals surface area contributed by atoms with Crippen molar-refractivity contribution in [1.29, 1.82) is 0 Å². The van der Waals surface area contributed by atoms with Gasteiger partial charge in [0.2, 0.25) is 0 Å². The molecule has 1 N–H and O–H groups in total. The van der Waals surface area contributed by atoms with Gasteiger partial charge in [0, 0.05) is 12.0 Å². The Hall–Kier alpha value is -2.05. The Bertz CT molecular complexity index is 838. The Morgan fingerprint density at radius 1 is 1.00 bits per heavy atom. The molecule has 4 rings (SSSR count). The zero-order chi connectivity index (χ0) is 18.1. The van der Waals surface area contributed by atoms with Gasteiger partial charge in [-0.15, -0.1) is 0 Å². The van der Waals surface area contributed by atoms with Crippen LogP contribution in [0.4, 0.5) is 5.69 Å². The smallest absolute Gasteiger partial charge is 0.271 e. The summed E-state index contributed by atoms with van der Waals surface area (Å²) in [5, 5.41) is 11.7. The molecule has 0 saturated heterocycles. The molecule has 2 aromatic rings. The summed E-state index contributed by atoms with van der Waals surface area (Å²) in [6.07, 6.45) is 3.18. The van der Waals surface area contributed by atoms with Crippen molar-refractivity contribution in [2.75, 3.05) is 32.2 Å². The van der Waals surface area contributed by atoms with Crippen LogP contribution in [0.3, 0.4) is 0 Å². The Balaban J connectivity index is 0.00000210. The quantitative estimate of drug-likeness (QED) is 0.689. The van der Waals surface area contributed by atoms with Crippen LogP contribution in [0.1, 0.15) is 24.8 Å². The largest absolute Gasteiger partial charge is 1.00 e. The molecule has 0 aliphatic carbocycles. The van der Waals surface area contributed by atoms with E-state index in [-0.39, 0.29) is 17.0 Å². The average Bonchev–Trinajstić information content (AvgIpc) is 3.02. The third-order valence-corrected chi connectivity index (χ3v) is 5.41. The summed E-state index contributed by atoms with van der Waals surface area (Å²) in [6, 6.07) is 15.7. The first-order valence-corrected chi connectivity index (χ1v) is 9.08. The van der Waals surface area contributed by atoms with Gasteiger partial charge in [0.25, 0.3) is 11.6 Å². The maximum atomic E-state index is 11.7. The van der Waals surface area contributed by atoms with Crippen LogP contribution in [0.15, 0.2) is 48.5 Å². The molecule has 0 bridgehead atoms. The molecule has 0 spiro atoms. The number of amidine groups is 1. The minimum Gasteiger partial charge on any atom is -1.00 e. The summed E-state index contributed by atoms with van der Waals surface area (Å²) < 4.78 is 13.0. The summed E-state index contributed by atoms with van der Waals surface area (Å²) in [5.41, 5.74) is 0.833. The molecule has 144 valence electrons. The number of ether oxygens (including phenoxy) is 2. The fourth-order valence-electron chi connectivity index (χ4n) is 4.08. The second-order valence-electron chi connectivity index (χ2n) is 6.83. The number of nitrogens with zero attached hydrogens (tertiary/aromatic N) is 2. The second kappa shape index (κ2) is 7.90. The standard InChI is InChI=1S/C21H25N2O3.BrH/c1-25-17-12-10-16(11-13-17)21(24)15-22(20-9-5-6-14-23(20)21)18-7-3-4-8-19(18)26-2;/h3-4,7-8,10-13,24H,5-6,9,14-15H2,1-2H3;1H/q+1;/p-1. The third kappa shape index (κ3) is 3.32. The molecule has 0 radical (unpaired) electrons. The topological polar surface area (TPSA) is 44.9 Å². The van der Waals surface area contributed by atoms with Crippen molar-refractivity contribution < 1.29 is 36.1 Å². The molecular weight excluding hydrogens is 408 g/mol. The van der Waals surface area contributed by atoms with E-state index in [9.17, 15) is 5.11 Å². The normalized spacial score (nSPS) is 21.5. The Kier molecular flexibility index (Phi) is 5.77. The van der Waals surface area contributed by atoms with E-state index in [1.807, 2.05) is 42.5 Å². The molecule has 1 atom stereocenters. The summed E-state index contributed by atoms with van der Waals surface area (Å²) in [6.45, 7) is 1.33. The van der Waals surface area contributed by atoms with Crippen LogP contribution in [-0.4, -0.2) is 42.8 Å². The lowest BCUT2D eigenvalue weighted by atomic mass is 10.0. The number of hydrogen-bond acceptors (Lipinski definition) is 4. The maximum Gasteiger partial charge on any atom is 0.271 e. The van der Waals surface area contributed by atoms with Gasteiger partial charge in [-0.3, -0.25) is 0 Å². The number of rotatable bonds is 4. The van der Waals surface area contributed by atoms with Crippen molar-refractivity contribution in [1.82, 2.24) is 0 Å². The van der Waals surface area contributed by atoms with Crippen molar-refractivity contribution in [3.63, 3.8) is 0 Å². The molecule has 0 saturated carbocycles. The van der Waals surface area contributed by atoms with E-state index < -0.39 is 5.72 Å². The lowest BCUT2D eigenvalue weighted by molar-refractivity contribution is -0.661. The van der Waals surface area contributed by atoms with Crippen LogP contribution in [0.2, 0.25) is 0 Å². The number of benzene rings is 2. The summed E-state index contributed by atoms with van der Waals surface area (Å²) in [5.74, 6) is 2.78. The van der Waals surface area contributed by atoms with E-state index in [4.69, 9.17) is 9.47 Å². The van der Waals surface area contributed by atoms with Gasteiger partial charge < -0.3 is 31.6 Å². The van der Waals surface area contributed by atoms with Crippen LogP contribution in [-0.2, 0) is 5.72 Å². The van der Waals surface area contributed by atoms with Gasteiger partial charge in [0.1, 0.15) is 5.75 Å². The molecule has 0 fully saturated rings. The zero-order valence-electron chi connectivity index (χ0n) is 15.7. The van der Waals surface area contributed by atoms with Gasteiger partial charge in [-0.25, -0.2) is 9.48 Å². The summed E-state index contributed by atoms with van der Waals surface area (Å²) in [7, 11) is 3.34. The minimum absolute atomic E-state index is 0. The Morgan fingerprint density at radius 2 is 1.74 bits per heavy atom. The van der Waals surface area contributed by atoms with Gasteiger partial charge in [0.05, 0.1) is 20.8 Å². The van der Waals surface area contributed by atoms with Crippen LogP contribution in [0.5, 0.6) is 11.5 Å². The lowest BCUT2D eigenvalue weighted by Crippen LogP contribution is -3.00. The van der Waals surface area contributed by atoms with Crippen LogP contribution in [0.25, 0.3) is 0 Å². The molecule has 2 aromatic carbocycles. The number of β-amino-alcohol motifs (C(OH)–C–C–N with tert-alkyl or cyclic N) is 1. The van der Waals surface area contributed by atoms with E-state index in [0.717, 1.165) is 48.6 Å². The average molecular weight is 433 g/mol. The Labute approximate surface area is 170 Å². The fraction of sp³-hybridized carbons (Fsp3) is 0.381. The van der Waals surface area contributed by atoms with Gasteiger partial charge in [-0.2, -0.15) is 0 Å². The van der Waals surface area contributed by atoms with Gasteiger partial charge in [0.15, 0.2) is 18.0 Å². The first kappa shape index (κ1) is 19.7. The highest BCUT2D eigenvalue weighted by Crippen LogP contribution is 2.39. The maximum absolute atomic E-state index is 11.7. The SMILES string of the molecule is COc1ccc(C2(O)CN(c3ccccc3OC)C3=[N+]2CCCC3)cc1.[Br-]. The van der Waals surface area contributed by atoms with E-state index in [1.165, 1.54) is 5.84 Å². The van der Waals surface area contributed by atoms with Gasteiger partial charge in [-0.1, -0.05) is 12.1 Å². The van der Waals surface area contributed by atoms with E-state index in [0.29, 0.717) is 6.54 Å². The molecule has 0 amide bonds. The molecule has 2 aliphatic rings. The fourth-order valence-corrected chi connectivity index (χ4v) is 4.08. The molecule has 6 heteroatoms. The highest BCUT2D eigenvalue weighted by molar-refractivity contribution is 5.97. The van der Waals surface area contributed by atoms with Crippen molar-refractivity contribution >= 4 is 11.5 Å². The highest BCUT2D eigenvalue weighted by atomic mass is 79.9. The molecule has 2 heterocycles. The number of anilines is 1. The zero-order valence-corrected chi connectivity index (χ0v) is 17.3. The van der Waals surface area contributed by atoms with E-state index in [1.54, 1.807) is 14.2 Å². The van der Waals surface area contributed by atoms with Crippen LogP contribution < -0.4 is 31.4 Å². The lowest BCUT2D eigenvalue weighted by Gasteiger charge is -2.24.